The van der Waals surface area contributed by atoms with Crippen molar-refractivity contribution >= 4 is 0 Å². The van der Waals surface area contributed by atoms with Crippen molar-refractivity contribution in [2.24, 2.45) is 11.8 Å². The van der Waals surface area contributed by atoms with E-state index in [4.69, 9.17) is 20.4 Å². The molecule has 18 heavy (non-hydrogen) atoms. The third-order valence-electron chi connectivity index (χ3n) is 2.95. The molecule has 0 rings (SSSR count). The average Bonchev–Trinajstić information content (AvgIpc) is 2.35. The molecular formula is C14H32O4. The second-order valence-corrected chi connectivity index (χ2v) is 4.97. The van der Waals surface area contributed by atoms with E-state index in [1.165, 1.54) is 0 Å². The monoisotopic (exact) mass is 264 g/mol. The Labute approximate surface area is 112 Å². The molecule has 0 aromatic carbocycles. The summed E-state index contributed by atoms with van der Waals surface area (Å²) in [5.41, 5.74) is 0. The van der Waals surface area contributed by atoms with E-state index in [1.807, 2.05) is 0 Å². The van der Waals surface area contributed by atoms with Crippen LogP contribution in [0.5, 0.6) is 0 Å². The van der Waals surface area contributed by atoms with E-state index < -0.39 is 0 Å². The van der Waals surface area contributed by atoms with Crippen LogP contribution in [-0.2, 0) is 0 Å². The Morgan fingerprint density at radius 1 is 0.556 bits per heavy atom. The molecular weight excluding hydrogens is 232 g/mol. The van der Waals surface area contributed by atoms with Crippen LogP contribution in [0.3, 0.4) is 0 Å². The van der Waals surface area contributed by atoms with Crippen LogP contribution in [0.15, 0.2) is 0 Å². The minimum absolute atomic E-state index is 0.270. The van der Waals surface area contributed by atoms with Gasteiger partial charge in [0.15, 0.2) is 0 Å². The average molecular weight is 264 g/mol. The third-order valence-corrected chi connectivity index (χ3v) is 2.95. The molecule has 0 amide bonds. The fraction of sp³-hybridized carbons (Fsp3) is 1.00. The summed E-state index contributed by atoms with van der Waals surface area (Å²) in [5.74, 6) is 1.12. The van der Waals surface area contributed by atoms with Crippen LogP contribution < -0.4 is 0 Å². The highest BCUT2D eigenvalue weighted by Crippen LogP contribution is 2.08. The van der Waals surface area contributed by atoms with Crippen molar-refractivity contribution < 1.29 is 20.4 Å². The Bertz CT molecular complexity index is 126. The van der Waals surface area contributed by atoms with Crippen LogP contribution in [0.1, 0.15) is 52.4 Å². The molecule has 0 spiro atoms. The van der Waals surface area contributed by atoms with Gasteiger partial charge in [-0.25, -0.2) is 0 Å². The van der Waals surface area contributed by atoms with Crippen molar-refractivity contribution in [3.63, 3.8) is 0 Å². The van der Waals surface area contributed by atoms with Gasteiger partial charge < -0.3 is 20.4 Å². The van der Waals surface area contributed by atoms with Crippen LogP contribution in [0.25, 0.3) is 0 Å². The van der Waals surface area contributed by atoms with Gasteiger partial charge in [0.2, 0.25) is 0 Å². The van der Waals surface area contributed by atoms with Gasteiger partial charge in [-0.15, -0.1) is 0 Å². The van der Waals surface area contributed by atoms with E-state index in [9.17, 15) is 0 Å². The summed E-state index contributed by atoms with van der Waals surface area (Å²) < 4.78 is 0. The van der Waals surface area contributed by atoms with Gasteiger partial charge in [-0.3, -0.25) is 0 Å². The van der Waals surface area contributed by atoms with Gasteiger partial charge in [-0.2, -0.15) is 0 Å². The number of rotatable bonds is 10. The lowest BCUT2D eigenvalue weighted by Gasteiger charge is -2.06. The zero-order valence-electron chi connectivity index (χ0n) is 12.0. The summed E-state index contributed by atoms with van der Waals surface area (Å²) in [7, 11) is 0. The molecule has 2 atom stereocenters. The SMILES string of the molecule is CC(CCO)CCCO.CC(CCO)CCCO. The molecule has 0 aromatic rings. The van der Waals surface area contributed by atoms with Crippen molar-refractivity contribution in [2.75, 3.05) is 26.4 Å². The third kappa shape index (κ3) is 18.2. The van der Waals surface area contributed by atoms with E-state index in [0.717, 1.165) is 38.5 Å². The molecule has 0 aromatic heterocycles. The van der Waals surface area contributed by atoms with E-state index in [2.05, 4.69) is 13.8 Å². The summed E-state index contributed by atoms with van der Waals surface area (Å²) in [5, 5.41) is 33.8. The quantitative estimate of drug-likeness (QED) is 0.483. The van der Waals surface area contributed by atoms with Crippen LogP contribution >= 0.6 is 0 Å². The Morgan fingerprint density at radius 3 is 1.11 bits per heavy atom. The zero-order chi connectivity index (χ0) is 14.2. The van der Waals surface area contributed by atoms with Crippen molar-refractivity contribution in [1.82, 2.24) is 0 Å². The molecule has 0 radical (unpaired) electrons. The van der Waals surface area contributed by atoms with Gasteiger partial charge in [0.1, 0.15) is 0 Å². The van der Waals surface area contributed by atoms with Crippen molar-refractivity contribution in [3.8, 4) is 0 Å². The summed E-state index contributed by atoms with van der Waals surface area (Å²) in [4.78, 5) is 0. The molecule has 0 fully saturated rings. The lowest BCUT2D eigenvalue weighted by Crippen LogP contribution is -1.98. The number of hydrogen-bond donors (Lipinski definition) is 4. The Morgan fingerprint density at radius 2 is 0.889 bits per heavy atom. The van der Waals surface area contributed by atoms with Gasteiger partial charge in [0.05, 0.1) is 0 Å². The Balaban J connectivity index is 0. The first-order chi connectivity index (χ1) is 8.62. The maximum absolute atomic E-state index is 8.47. The number of hydrogen-bond acceptors (Lipinski definition) is 4. The van der Waals surface area contributed by atoms with Crippen LogP contribution in [0.2, 0.25) is 0 Å². The normalized spacial score (nSPS) is 13.7. The molecule has 0 saturated heterocycles. The fourth-order valence-electron chi connectivity index (χ4n) is 1.61. The van der Waals surface area contributed by atoms with Crippen LogP contribution in [-0.4, -0.2) is 46.9 Å². The first kappa shape index (κ1) is 20.2. The van der Waals surface area contributed by atoms with E-state index >= 15 is 0 Å². The van der Waals surface area contributed by atoms with E-state index in [0.29, 0.717) is 11.8 Å². The lowest BCUT2D eigenvalue weighted by molar-refractivity contribution is 0.239. The predicted octanol–water partition coefficient (Wildman–Crippen LogP) is 1.55. The first-order valence-electron chi connectivity index (χ1n) is 7.05. The molecule has 0 aliphatic heterocycles. The fourth-order valence-corrected chi connectivity index (χ4v) is 1.61. The molecule has 0 saturated carbocycles. The van der Waals surface area contributed by atoms with Crippen LogP contribution in [0, 0.1) is 11.8 Å². The maximum Gasteiger partial charge on any atom is 0.0433 e. The van der Waals surface area contributed by atoms with Gasteiger partial charge >= 0.3 is 0 Å². The Hall–Kier alpha value is -0.160. The van der Waals surface area contributed by atoms with Gasteiger partial charge in [-0.05, 0) is 50.4 Å². The van der Waals surface area contributed by atoms with Crippen molar-refractivity contribution in [1.29, 1.82) is 0 Å². The zero-order valence-corrected chi connectivity index (χ0v) is 12.0. The van der Waals surface area contributed by atoms with Gasteiger partial charge in [-0.1, -0.05) is 13.8 Å². The van der Waals surface area contributed by atoms with Crippen LogP contribution in [0.4, 0.5) is 0 Å². The molecule has 0 aliphatic carbocycles. The van der Waals surface area contributed by atoms with Gasteiger partial charge in [0.25, 0.3) is 0 Å². The Kier molecular flexibility index (Phi) is 18.9. The molecule has 4 nitrogen and oxygen atoms in total. The predicted molar refractivity (Wildman–Crippen MR) is 74.4 cm³/mol. The summed E-state index contributed by atoms with van der Waals surface area (Å²) >= 11 is 0. The lowest BCUT2D eigenvalue weighted by atomic mass is 10.0. The summed E-state index contributed by atoms with van der Waals surface area (Å²) in [6.07, 6.45) is 5.50. The van der Waals surface area contributed by atoms with Gasteiger partial charge in [0, 0.05) is 26.4 Å². The van der Waals surface area contributed by atoms with E-state index in [1.54, 1.807) is 0 Å². The minimum atomic E-state index is 0.270. The summed E-state index contributed by atoms with van der Waals surface area (Å²) in [6, 6.07) is 0. The second-order valence-electron chi connectivity index (χ2n) is 4.97. The van der Waals surface area contributed by atoms with Crippen molar-refractivity contribution in [2.45, 2.75) is 52.4 Å². The molecule has 0 heterocycles. The standard InChI is InChI=1S/2C7H16O2/c2*1-7(4-6-9)3-2-5-8/h2*7-9H,2-6H2,1H3. The highest BCUT2D eigenvalue weighted by atomic mass is 16.3. The molecule has 0 aliphatic rings. The smallest absolute Gasteiger partial charge is 0.0433 e. The minimum Gasteiger partial charge on any atom is -0.396 e. The van der Waals surface area contributed by atoms with Crippen molar-refractivity contribution in [3.05, 3.63) is 0 Å². The molecule has 2 unspecified atom stereocenters. The number of aliphatic hydroxyl groups is 4. The largest absolute Gasteiger partial charge is 0.396 e. The molecule has 4 heteroatoms. The summed E-state index contributed by atoms with van der Waals surface area (Å²) in [6.45, 7) is 5.27. The second kappa shape index (κ2) is 16.8. The van der Waals surface area contributed by atoms with E-state index in [-0.39, 0.29) is 26.4 Å². The molecule has 112 valence electrons. The topological polar surface area (TPSA) is 80.9 Å². The first-order valence-corrected chi connectivity index (χ1v) is 7.05. The number of aliphatic hydroxyl groups excluding tert-OH is 4. The molecule has 4 N–H and O–H groups in total. The molecule has 0 bridgehead atoms. The highest BCUT2D eigenvalue weighted by molar-refractivity contribution is 4.51. The highest BCUT2D eigenvalue weighted by Gasteiger charge is 1.99. The maximum atomic E-state index is 8.47.